The molecular formula is C43H31BN2O2. The summed E-state index contributed by atoms with van der Waals surface area (Å²) in [6.07, 6.45) is 8.95. The number of hydrogen-bond donors (Lipinski definition) is 0. The average molecular weight is 619 g/mol. The van der Waals surface area contributed by atoms with Crippen LogP contribution in [0.2, 0.25) is 0 Å². The summed E-state index contributed by atoms with van der Waals surface area (Å²) in [5, 5.41) is 3.54. The van der Waals surface area contributed by atoms with Crippen molar-refractivity contribution in [1.82, 2.24) is 0 Å². The number of benzene rings is 5. The van der Waals surface area contributed by atoms with E-state index in [0.29, 0.717) is 5.92 Å². The van der Waals surface area contributed by atoms with E-state index in [1.165, 1.54) is 61.2 Å². The lowest BCUT2D eigenvalue weighted by molar-refractivity contribution is 0.588. The van der Waals surface area contributed by atoms with Gasteiger partial charge in [-0.25, -0.2) is 0 Å². The van der Waals surface area contributed by atoms with Gasteiger partial charge in [0.25, 0.3) is 6.71 Å². The van der Waals surface area contributed by atoms with Crippen molar-refractivity contribution in [1.29, 1.82) is 0 Å². The summed E-state index contributed by atoms with van der Waals surface area (Å²) in [6.45, 7) is 2.52. The van der Waals surface area contributed by atoms with Crippen LogP contribution >= 0.6 is 0 Å². The third kappa shape index (κ3) is 3.51. The van der Waals surface area contributed by atoms with Crippen molar-refractivity contribution in [2.75, 3.05) is 9.80 Å². The fourth-order valence-corrected chi connectivity index (χ4v) is 9.05. The summed E-state index contributed by atoms with van der Waals surface area (Å²) in [5.74, 6) is 1.35. The molecule has 4 aliphatic rings. The summed E-state index contributed by atoms with van der Waals surface area (Å²) >= 11 is 0. The quantitative estimate of drug-likeness (QED) is 0.181. The minimum atomic E-state index is 0.150. The largest absolute Gasteiger partial charge is 0.456 e. The van der Waals surface area contributed by atoms with E-state index in [1.807, 2.05) is 0 Å². The van der Waals surface area contributed by atoms with Gasteiger partial charge in [-0.05, 0) is 71.2 Å². The van der Waals surface area contributed by atoms with Crippen molar-refractivity contribution < 1.29 is 8.83 Å². The Hall–Kier alpha value is -5.68. The molecule has 5 heteroatoms. The van der Waals surface area contributed by atoms with Crippen LogP contribution in [0.25, 0.3) is 39.0 Å². The molecular weight excluding hydrogens is 587 g/mol. The molecule has 0 saturated heterocycles. The molecule has 11 rings (SSSR count). The second-order valence-corrected chi connectivity index (χ2v) is 13.7. The number of rotatable bonds is 2. The molecule has 228 valence electrons. The summed E-state index contributed by atoms with van der Waals surface area (Å²) in [6, 6.07) is 41.7. The normalized spacial score (nSPS) is 19.4. The molecule has 0 saturated carbocycles. The third-order valence-corrected chi connectivity index (χ3v) is 10.9. The first-order valence-corrected chi connectivity index (χ1v) is 17.0. The molecule has 0 radical (unpaired) electrons. The van der Waals surface area contributed by atoms with Crippen LogP contribution in [0.3, 0.4) is 0 Å². The van der Waals surface area contributed by atoms with Gasteiger partial charge < -0.3 is 18.6 Å². The molecule has 0 amide bonds. The fraction of sp³-hybridized carbons (Fsp3) is 0.116. The zero-order valence-corrected chi connectivity index (χ0v) is 26.6. The van der Waals surface area contributed by atoms with E-state index in [2.05, 4.69) is 150 Å². The molecule has 2 aliphatic carbocycles. The smallest absolute Gasteiger partial charge is 0.251 e. The van der Waals surface area contributed by atoms with Crippen LogP contribution in [0.1, 0.15) is 24.7 Å². The van der Waals surface area contributed by atoms with E-state index in [1.54, 1.807) is 0 Å². The van der Waals surface area contributed by atoms with E-state index in [0.717, 1.165) is 40.7 Å². The van der Waals surface area contributed by atoms with Crippen LogP contribution in [0.5, 0.6) is 0 Å². The first-order chi connectivity index (χ1) is 23.7. The first-order valence-electron chi connectivity index (χ1n) is 17.0. The minimum Gasteiger partial charge on any atom is -0.456 e. The second kappa shape index (κ2) is 9.68. The zero-order valence-electron chi connectivity index (χ0n) is 26.6. The molecule has 0 N–H and O–H groups in total. The standard InChI is InChI=1S/C43H31BN2O2/c1-26-23-36-43-37(24-26)46(35-17-10-20-41-42(35)29-12-3-9-19-39(29)48-41)34-16-7-5-14-32(34)44(43)31-13-4-6-15-33(31)45(36)27-21-22-40-30(25-27)28-11-2-8-18-38(28)47-40/h2-23,26-27H,24-25H2,1H3. The fourth-order valence-electron chi connectivity index (χ4n) is 9.05. The molecule has 2 aromatic heterocycles. The minimum absolute atomic E-state index is 0.150. The van der Waals surface area contributed by atoms with Gasteiger partial charge in [0.05, 0.1) is 17.1 Å². The maximum absolute atomic E-state index is 6.42. The lowest BCUT2D eigenvalue weighted by atomic mass is 9.32. The number of para-hydroxylation sites is 4. The third-order valence-electron chi connectivity index (χ3n) is 10.9. The van der Waals surface area contributed by atoms with E-state index in [9.17, 15) is 0 Å². The maximum Gasteiger partial charge on any atom is 0.251 e. The topological polar surface area (TPSA) is 32.8 Å². The van der Waals surface area contributed by atoms with Crippen molar-refractivity contribution in [3.63, 3.8) is 0 Å². The summed E-state index contributed by atoms with van der Waals surface area (Å²) in [4.78, 5) is 5.21. The summed E-state index contributed by atoms with van der Waals surface area (Å²) < 4.78 is 12.7. The highest BCUT2D eigenvalue weighted by Gasteiger charge is 2.47. The van der Waals surface area contributed by atoms with Crippen LogP contribution in [-0.4, -0.2) is 12.8 Å². The molecule has 2 aliphatic heterocycles. The van der Waals surface area contributed by atoms with Gasteiger partial charge in [0.1, 0.15) is 22.5 Å². The monoisotopic (exact) mass is 618 g/mol. The van der Waals surface area contributed by atoms with Crippen LogP contribution in [-0.2, 0) is 6.42 Å². The van der Waals surface area contributed by atoms with Crippen LogP contribution in [0, 0.1) is 5.92 Å². The van der Waals surface area contributed by atoms with E-state index in [-0.39, 0.29) is 12.8 Å². The van der Waals surface area contributed by atoms with E-state index >= 15 is 0 Å². The van der Waals surface area contributed by atoms with Gasteiger partial charge in [-0.1, -0.05) is 97.9 Å². The number of fused-ring (bicyclic) bond motifs is 10. The van der Waals surface area contributed by atoms with Gasteiger partial charge in [-0.3, -0.25) is 0 Å². The van der Waals surface area contributed by atoms with Gasteiger partial charge in [0.15, 0.2) is 0 Å². The Labute approximate surface area is 279 Å². The molecule has 2 atom stereocenters. The molecule has 4 heterocycles. The molecule has 48 heavy (non-hydrogen) atoms. The van der Waals surface area contributed by atoms with Gasteiger partial charge in [0.2, 0.25) is 0 Å². The number of anilines is 3. The predicted molar refractivity (Wildman–Crippen MR) is 198 cm³/mol. The Balaban J connectivity index is 1.17. The van der Waals surface area contributed by atoms with Crippen molar-refractivity contribution in [3.05, 3.63) is 156 Å². The van der Waals surface area contributed by atoms with Crippen molar-refractivity contribution in [3.8, 4) is 0 Å². The molecule has 2 unspecified atom stereocenters. The number of nitrogens with zero attached hydrogens (tertiary/aromatic N) is 2. The van der Waals surface area contributed by atoms with Gasteiger partial charge in [0, 0.05) is 45.5 Å². The molecule has 4 nitrogen and oxygen atoms in total. The zero-order chi connectivity index (χ0) is 31.5. The SMILES string of the molecule is CC1C=C2C3=C(C1)N(c1cccc4oc5ccccc5c14)c1ccccc1B3c1ccccc1N2C1C=Cc2oc3ccccc3c2C1. The summed E-state index contributed by atoms with van der Waals surface area (Å²) in [7, 11) is 0. The maximum atomic E-state index is 6.42. The molecule has 0 fully saturated rings. The highest BCUT2D eigenvalue weighted by molar-refractivity contribution is 6.94. The van der Waals surface area contributed by atoms with Crippen LogP contribution < -0.4 is 20.7 Å². The van der Waals surface area contributed by atoms with Crippen molar-refractivity contribution in [2.45, 2.75) is 25.8 Å². The van der Waals surface area contributed by atoms with Gasteiger partial charge in [-0.2, -0.15) is 0 Å². The number of hydrogen-bond acceptors (Lipinski definition) is 4. The summed E-state index contributed by atoms with van der Waals surface area (Å²) in [5.41, 5.74) is 14.7. The van der Waals surface area contributed by atoms with E-state index in [4.69, 9.17) is 8.83 Å². The Bertz CT molecular complexity index is 2580. The van der Waals surface area contributed by atoms with Crippen LogP contribution in [0.15, 0.2) is 153 Å². The van der Waals surface area contributed by atoms with Gasteiger partial charge >= 0.3 is 0 Å². The van der Waals surface area contributed by atoms with Crippen LogP contribution in [0.4, 0.5) is 17.1 Å². The highest BCUT2D eigenvalue weighted by atomic mass is 16.3. The average Bonchev–Trinajstić information content (AvgIpc) is 3.70. The molecule has 7 aromatic rings. The van der Waals surface area contributed by atoms with Gasteiger partial charge in [-0.15, -0.1) is 0 Å². The molecule has 0 spiro atoms. The Kier molecular flexibility index (Phi) is 5.32. The Morgan fingerprint density at radius 3 is 2.17 bits per heavy atom. The highest BCUT2D eigenvalue weighted by Crippen LogP contribution is 2.50. The lowest BCUT2D eigenvalue weighted by Crippen LogP contribution is -2.59. The first kappa shape index (κ1) is 26.4. The molecule has 0 bridgehead atoms. The lowest BCUT2D eigenvalue weighted by Gasteiger charge is -2.50. The Morgan fingerprint density at radius 1 is 0.646 bits per heavy atom. The second-order valence-electron chi connectivity index (χ2n) is 13.7. The number of allylic oxidation sites excluding steroid dienone is 3. The van der Waals surface area contributed by atoms with E-state index < -0.39 is 0 Å². The predicted octanol–water partition coefficient (Wildman–Crippen LogP) is 9.27. The Morgan fingerprint density at radius 2 is 1.31 bits per heavy atom. The molecule has 5 aromatic carbocycles. The van der Waals surface area contributed by atoms with Crippen molar-refractivity contribution >= 4 is 73.7 Å². The van der Waals surface area contributed by atoms with Crippen molar-refractivity contribution in [2.24, 2.45) is 5.92 Å². The number of furan rings is 2.